The van der Waals surface area contributed by atoms with Crippen molar-refractivity contribution >= 4 is 18.0 Å². The molecule has 0 radical (unpaired) electrons. The standard InChI is InChI=1S/C26H32N2O5/c1-3-9-18(15-25(30)31)27-24(29)14-17(4-2)28-26(32)33-16-23-21-12-7-5-10-19(21)20-11-6-8-13-22(20)23/h5-8,10-13,17-18,23H,3-4,9,14-16H2,1-2H3,(H,27,29)(H,28,32)(H,30,31)/t17-,18+/m0/s1. The second-order valence-electron chi connectivity index (χ2n) is 8.43. The fraction of sp³-hybridized carbons (Fsp3) is 0.423. The SMILES string of the molecule is CCC[C@H](CC(=O)O)NC(=O)C[C@H](CC)NC(=O)OCC1c2ccccc2-c2ccccc21. The quantitative estimate of drug-likeness (QED) is 0.467. The first-order chi connectivity index (χ1) is 15.9. The highest BCUT2D eigenvalue weighted by Crippen LogP contribution is 2.44. The maximum atomic E-state index is 12.5. The van der Waals surface area contributed by atoms with E-state index in [1.165, 1.54) is 0 Å². The summed E-state index contributed by atoms with van der Waals surface area (Å²) in [5.74, 6) is -1.25. The number of carbonyl (C=O) groups excluding carboxylic acids is 2. The maximum Gasteiger partial charge on any atom is 0.407 e. The number of nitrogens with one attached hydrogen (secondary N) is 2. The number of hydrogen-bond acceptors (Lipinski definition) is 4. The van der Waals surface area contributed by atoms with E-state index in [0.717, 1.165) is 28.7 Å². The van der Waals surface area contributed by atoms with E-state index in [9.17, 15) is 14.4 Å². The van der Waals surface area contributed by atoms with Crippen molar-refractivity contribution in [1.29, 1.82) is 0 Å². The van der Waals surface area contributed by atoms with Gasteiger partial charge in [0.25, 0.3) is 0 Å². The fourth-order valence-corrected chi connectivity index (χ4v) is 4.40. The van der Waals surface area contributed by atoms with Crippen LogP contribution < -0.4 is 10.6 Å². The minimum absolute atomic E-state index is 0.0302. The minimum atomic E-state index is -0.947. The smallest absolute Gasteiger partial charge is 0.407 e. The summed E-state index contributed by atoms with van der Waals surface area (Å²) in [6.45, 7) is 4.02. The van der Waals surface area contributed by atoms with Crippen molar-refractivity contribution in [3.63, 3.8) is 0 Å². The van der Waals surface area contributed by atoms with E-state index in [1.807, 2.05) is 38.1 Å². The number of aliphatic carboxylic acids is 1. The summed E-state index contributed by atoms with van der Waals surface area (Å²) in [5, 5.41) is 14.6. The van der Waals surface area contributed by atoms with Crippen molar-refractivity contribution in [3.05, 3.63) is 59.7 Å². The lowest BCUT2D eigenvalue weighted by molar-refractivity contribution is -0.137. The van der Waals surface area contributed by atoms with Crippen LogP contribution in [0.1, 0.15) is 63.0 Å². The highest BCUT2D eigenvalue weighted by molar-refractivity contribution is 5.80. The molecule has 0 saturated carbocycles. The van der Waals surface area contributed by atoms with Crippen LogP contribution in [0.2, 0.25) is 0 Å². The van der Waals surface area contributed by atoms with E-state index in [4.69, 9.17) is 9.84 Å². The summed E-state index contributed by atoms with van der Waals surface area (Å²) in [5.41, 5.74) is 4.60. The molecule has 33 heavy (non-hydrogen) atoms. The number of carboxylic acid groups (broad SMARTS) is 1. The number of rotatable bonds is 11. The number of fused-ring (bicyclic) bond motifs is 3. The molecule has 0 heterocycles. The summed E-state index contributed by atoms with van der Waals surface area (Å²) in [6, 6.07) is 15.5. The van der Waals surface area contributed by atoms with Crippen LogP contribution in [-0.2, 0) is 14.3 Å². The Morgan fingerprint density at radius 3 is 2.06 bits per heavy atom. The molecule has 2 aromatic carbocycles. The lowest BCUT2D eigenvalue weighted by atomic mass is 9.98. The van der Waals surface area contributed by atoms with Crippen LogP contribution in [0.15, 0.2) is 48.5 Å². The van der Waals surface area contributed by atoms with Gasteiger partial charge in [-0.25, -0.2) is 4.79 Å². The Morgan fingerprint density at radius 1 is 0.909 bits per heavy atom. The molecule has 7 nitrogen and oxygen atoms in total. The number of amides is 2. The topological polar surface area (TPSA) is 105 Å². The van der Waals surface area contributed by atoms with Gasteiger partial charge in [-0.15, -0.1) is 0 Å². The fourth-order valence-electron chi connectivity index (χ4n) is 4.40. The van der Waals surface area contributed by atoms with E-state index >= 15 is 0 Å². The molecule has 7 heteroatoms. The van der Waals surface area contributed by atoms with Crippen LogP contribution in [0.4, 0.5) is 4.79 Å². The second kappa shape index (κ2) is 11.5. The Balaban J connectivity index is 1.54. The van der Waals surface area contributed by atoms with Gasteiger partial charge in [0.1, 0.15) is 6.61 Å². The average molecular weight is 453 g/mol. The third kappa shape index (κ3) is 6.34. The minimum Gasteiger partial charge on any atom is -0.481 e. The van der Waals surface area contributed by atoms with Gasteiger partial charge in [-0.05, 0) is 35.1 Å². The molecular weight excluding hydrogens is 420 g/mol. The molecule has 176 valence electrons. The lowest BCUT2D eigenvalue weighted by Crippen LogP contribution is -2.42. The normalized spacial score (nSPS) is 14.0. The average Bonchev–Trinajstić information content (AvgIpc) is 3.10. The van der Waals surface area contributed by atoms with Gasteiger partial charge in [0.15, 0.2) is 0 Å². The van der Waals surface area contributed by atoms with E-state index < -0.39 is 24.1 Å². The molecular formula is C26H32N2O5. The first kappa shape index (κ1) is 24.3. The van der Waals surface area contributed by atoms with Crippen molar-refractivity contribution in [3.8, 4) is 11.1 Å². The Bertz CT molecular complexity index is 945. The largest absolute Gasteiger partial charge is 0.481 e. The van der Waals surface area contributed by atoms with Gasteiger partial charge in [0, 0.05) is 24.4 Å². The Morgan fingerprint density at radius 2 is 1.52 bits per heavy atom. The van der Waals surface area contributed by atoms with Gasteiger partial charge >= 0.3 is 12.1 Å². The highest BCUT2D eigenvalue weighted by Gasteiger charge is 2.29. The monoisotopic (exact) mass is 452 g/mol. The van der Waals surface area contributed by atoms with Crippen molar-refractivity contribution in [2.75, 3.05) is 6.61 Å². The van der Waals surface area contributed by atoms with E-state index in [0.29, 0.717) is 12.8 Å². The molecule has 3 N–H and O–H groups in total. The molecule has 0 unspecified atom stereocenters. The molecule has 0 fully saturated rings. The van der Waals surface area contributed by atoms with Crippen molar-refractivity contribution in [2.45, 2.75) is 64.0 Å². The predicted molar refractivity (Wildman–Crippen MR) is 126 cm³/mol. The predicted octanol–water partition coefficient (Wildman–Crippen LogP) is 4.45. The molecule has 0 spiro atoms. The van der Waals surface area contributed by atoms with Gasteiger partial charge in [-0.1, -0.05) is 68.8 Å². The number of ether oxygens (including phenoxy) is 1. The third-order valence-corrected chi connectivity index (χ3v) is 6.01. The number of alkyl carbamates (subject to hydrolysis) is 1. The van der Waals surface area contributed by atoms with Gasteiger partial charge in [-0.3, -0.25) is 9.59 Å². The summed E-state index contributed by atoms with van der Waals surface area (Å²) in [4.78, 5) is 35.9. The second-order valence-corrected chi connectivity index (χ2v) is 8.43. The van der Waals surface area contributed by atoms with Crippen LogP contribution in [0, 0.1) is 0 Å². The van der Waals surface area contributed by atoms with Crippen LogP contribution in [0.5, 0.6) is 0 Å². The molecule has 0 bridgehead atoms. The zero-order valence-electron chi connectivity index (χ0n) is 19.2. The Kier molecular flexibility index (Phi) is 8.46. The summed E-state index contributed by atoms with van der Waals surface area (Å²) in [7, 11) is 0. The molecule has 2 amide bonds. The van der Waals surface area contributed by atoms with Crippen molar-refractivity contribution in [2.24, 2.45) is 0 Å². The molecule has 1 aliphatic rings. The van der Waals surface area contributed by atoms with Crippen molar-refractivity contribution in [1.82, 2.24) is 10.6 Å². The molecule has 2 atom stereocenters. The van der Waals surface area contributed by atoms with Gasteiger partial charge < -0.3 is 20.5 Å². The zero-order valence-corrected chi connectivity index (χ0v) is 19.2. The first-order valence-corrected chi connectivity index (χ1v) is 11.6. The molecule has 1 aliphatic carbocycles. The maximum absolute atomic E-state index is 12.5. The van der Waals surface area contributed by atoms with Crippen LogP contribution >= 0.6 is 0 Å². The summed E-state index contributed by atoms with van der Waals surface area (Å²) >= 11 is 0. The summed E-state index contributed by atoms with van der Waals surface area (Å²) < 4.78 is 5.57. The van der Waals surface area contributed by atoms with E-state index in [-0.39, 0.29) is 31.3 Å². The highest BCUT2D eigenvalue weighted by atomic mass is 16.5. The van der Waals surface area contributed by atoms with E-state index in [2.05, 4.69) is 34.9 Å². The Hall–Kier alpha value is -3.35. The van der Waals surface area contributed by atoms with Crippen LogP contribution in [-0.4, -0.2) is 41.8 Å². The van der Waals surface area contributed by atoms with E-state index in [1.54, 1.807) is 0 Å². The number of benzene rings is 2. The number of hydrogen-bond donors (Lipinski definition) is 3. The number of carbonyl (C=O) groups is 3. The Labute approximate surface area is 194 Å². The van der Waals surface area contributed by atoms with Crippen LogP contribution in [0.3, 0.4) is 0 Å². The third-order valence-electron chi connectivity index (χ3n) is 6.01. The first-order valence-electron chi connectivity index (χ1n) is 11.6. The summed E-state index contributed by atoms with van der Waals surface area (Å²) in [6.07, 6.45) is 1.31. The van der Waals surface area contributed by atoms with Gasteiger partial charge in [-0.2, -0.15) is 0 Å². The zero-order chi connectivity index (χ0) is 23.8. The molecule has 3 rings (SSSR count). The molecule has 0 saturated heterocycles. The lowest BCUT2D eigenvalue weighted by Gasteiger charge is -2.21. The molecule has 0 aromatic heterocycles. The van der Waals surface area contributed by atoms with Gasteiger partial charge in [0.2, 0.25) is 5.91 Å². The number of carboxylic acids is 1. The van der Waals surface area contributed by atoms with Gasteiger partial charge in [0.05, 0.1) is 6.42 Å². The molecule has 0 aliphatic heterocycles. The van der Waals surface area contributed by atoms with Crippen LogP contribution in [0.25, 0.3) is 11.1 Å². The molecule has 2 aromatic rings. The van der Waals surface area contributed by atoms with Crippen molar-refractivity contribution < 1.29 is 24.2 Å².